The molecule has 0 aromatic heterocycles. The first-order valence-electron chi connectivity index (χ1n) is 4.91. The van der Waals surface area contributed by atoms with Gasteiger partial charge in [0.2, 0.25) is 0 Å². The predicted molar refractivity (Wildman–Crippen MR) is 54.9 cm³/mol. The normalized spacial score (nSPS) is 11.3. The Bertz CT molecular complexity index is 252. The monoisotopic (exact) mass is 212 g/mol. The summed E-state index contributed by atoms with van der Waals surface area (Å²) < 4.78 is 9.56. The first-order valence-corrected chi connectivity index (χ1v) is 4.91. The zero-order valence-corrected chi connectivity index (χ0v) is 9.12. The van der Waals surface area contributed by atoms with E-state index in [9.17, 15) is 9.59 Å². The van der Waals surface area contributed by atoms with Gasteiger partial charge in [0.1, 0.15) is 0 Å². The summed E-state index contributed by atoms with van der Waals surface area (Å²) in [4.78, 5) is 22.1. The molecule has 0 rings (SSSR count). The fourth-order valence-corrected chi connectivity index (χ4v) is 0.782. The largest absolute Gasteiger partial charge is 0.466 e. The molecular formula is C11H16O4. The second-order valence-corrected chi connectivity index (χ2v) is 3.02. The molecule has 4 nitrogen and oxygen atoms in total. The summed E-state index contributed by atoms with van der Waals surface area (Å²) in [5, 5.41) is 0. The van der Waals surface area contributed by atoms with Gasteiger partial charge in [-0.3, -0.25) is 9.59 Å². The Balaban J connectivity index is 3.63. The van der Waals surface area contributed by atoms with Crippen LogP contribution in [0.3, 0.4) is 0 Å². The summed E-state index contributed by atoms with van der Waals surface area (Å²) in [6.45, 7) is 3.87. The molecule has 0 aliphatic rings. The number of terminal acetylenes is 1. The van der Waals surface area contributed by atoms with Crippen LogP contribution in [0, 0.1) is 12.3 Å². The first-order chi connectivity index (χ1) is 7.10. The predicted octanol–water partition coefficient (Wildman–Crippen LogP) is 1.28. The van der Waals surface area contributed by atoms with E-state index in [2.05, 4.69) is 5.92 Å². The van der Waals surface area contributed by atoms with Crippen molar-refractivity contribution in [3.8, 4) is 12.3 Å². The van der Waals surface area contributed by atoms with Crippen molar-refractivity contribution in [2.24, 2.45) is 0 Å². The molecule has 0 aromatic rings. The van der Waals surface area contributed by atoms with Crippen molar-refractivity contribution < 1.29 is 19.1 Å². The summed E-state index contributed by atoms with van der Waals surface area (Å²) >= 11 is 0. The molecular weight excluding hydrogens is 196 g/mol. The van der Waals surface area contributed by atoms with Crippen LogP contribution in [0.4, 0.5) is 0 Å². The highest BCUT2D eigenvalue weighted by Gasteiger charge is 2.10. The highest BCUT2D eigenvalue weighted by atomic mass is 16.5. The number of carbonyl (C=O) groups is 2. The van der Waals surface area contributed by atoms with E-state index < -0.39 is 12.1 Å². The minimum Gasteiger partial charge on any atom is -0.466 e. The van der Waals surface area contributed by atoms with Crippen molar-refractivity contribution in [3.05, 3.63) is 0 Å². The Morgan fingerprint density at radius 3 is 2.47 bits per heavy atom. The molecule has 4 heteroatoms. The van der Waals surface area contributed by atoms with Gasteiger partial charge in [-0.1, -0.05) is 12.8 Å². The van der Waals surface area contributed by atoms with Crippen LogP contribution in [0.2, 0.25) is 0 Å². The van der Waals surface area contributed by atoms with Crippen LogP contribution in [0.1, 0.15) is 33.1 Å². The van der Waals surface area contributed by atoms with Crippen molar-refractivity contribution in [1.82, 2.24) is 0 Å². The number of hydrogen-bond donors (Lipinski definition) is 0. The average molecular weight is 212 g/mol. The maximum atomic E-state index is 11.1. The summed E-state index contributed by atoms with van der Waals surface area (Å²) in [5.74, 6) is 1.39. The van der Waals surface area contributed by atoms with Crippen LogP contribution in [0.5, 0.6) is 0 Å². The quantitative estimate of drug-likeness (QED) is 0.491. The molecule has 0 amide bonds. The van der Waals surface area contributed by atoms with Gasteiger partial charge in [-0.25, -0.2) is 0 Å². The lowest BCUT2D eigenvalue weighted by atomic mass is 10.3. The van der Waals surface area contributed by atoms with Crippen LogP contribution >= 0.6 is 0 Å². The van der Waals surface area contributed by atoms with E-state index in [0.717, 1.165) is 6.42 Å². The molecule has 0 saturated heterocycles. The van der Waals surface area contributed by atoms with Gasteiger partial charge in [-0.2, -0.15) is 0 Å². The molecule has 0 radical (unpaired) electrons. The van der Waals surface area contributed by atoms with E-state index in [0.29, 0.717) is 6.61 Å². The van der Waals surface area contributed by atoms with E-state index in [-0.39, 0.29) is 18.8 Å². The van der Waals surface area contributed by atoms with Crippen molar-refractivity contribution in [3.63, 3.8) is 0 Å². The van der Waals surface area contributed by atoms with Crippen LogP contribution in [-0.2, 0) is 19.1 Å². The highest BCUT2D eigenvalue weighted by molar-refractivity contribution is 5.77. The van der Waals surface area contributed by atoms with Crippen LogP contribution in [-0.4, -0.2) is 24.6 Å². The van der Waals surface area contributed by atoms with Crippen molar-refractivity contribution in [2.75, 3.05) is 6.61 Å². The van der Waals surface area contributed by atoms with Crippen LogP contribution < -0.4 is 0 Å². The smallest absolute Gasteiger partial charge is 0.307 e. The van der Waals surface area contributed by atoms with Crippen molar-refractivity contribution in [1.29, 1.82) is 0 Å². The van der Waals surface area contributed by atoms with Crippen molar-refractivity contribution >= 4 is 11.9 Å². The van der Waals surface area contributed by atoms with Crippen molar-refractivity contribution in [2.45, 2.75) is 39.2 Å². The Labute approximate surface area is 89.9 Å². The molecule has 1 unspecified atom stereocenters. The minimum atomic E-state index is -0.552. The van der Waals surface area contributed by atoms with Gasteiger partial charge in [0.05, 0.1) is 19.4 Å². The van der Waals surface area contributed by atoms with E-state index in [1.54, 1.807) is 6.92 Å². The summed E-state index contributed by atoms with van der Waals surface area (Å²) in [7, 11) is 0. The molecule has 0 aliphatic heterocycles. The Morgan fingerprint density at radius 2 is 1.93 bits per heavy atom. The molecule has 0 aromatic carbocycles. The second-order valence-electron chi connectivity index (χ2n) is 3.02. The van der Waals surface area contributed by atoms with E-state index in [1.165, 1.54) is 0 Å². The van der Waals surface area contributed by atoms with E-state index >= 15 is 0 Å². The third-order valence-electron chi connectivity index (χ3n) is 1.54. The summed E-state index contributed by atoms with van der Waals surface area (Å²) in [5.41, 5.74) is 0. The van der Waals surface area contributed by atoms with Gasteiger partial charge in [0, 0.05) is 0 Å². The zero-order chi connectivity index (χ0) is 11.7. The highest BCUT2D eigenvalue weighted by Crippen LogP contribution is 1.99. The lowest BCUT2D eigenvalue weighted by molar-refractivity contribution is -0.151. The molecule has 15 heavy (non-hydrogen) atoms. The number of esters is 2. The molecule has 0 heterocycles. The Kier molecular flexibility index (Phi) is 7.08. The minimum absolute atomic E-state index is 0.00850. The van der Waals surface area contributed by atoms with Crippen LogP contribution in [0.15, 0.2) is 0 Å². The average Bonchev–Trinajstić information content (AvgIpc) is 2.23. The molecule has 1 atom stereocenters. The lowest BCUT2D eigenvalue weighted by Gasteiger charge is -2.06. The Hall–Kier alpha value is -1.50. The molecule has 84 valence electrons. The number of ether oxygens (including phenoxy) is 2. The lowest BCUT2D eigenvalue weighted by Crippen LogP contribution is -2.15. The SMILES string of the molecule is C#CC(C)OC(=O)CCC(=O)OCCC. The number of hydrogen-bond acceptors (Lipinski definition) is 4. The third kappa shape index (κ3) is 7.56. The van der Waals surface area contributed by atoms with Gasteiger partial charge in [-0.15, -0.1) is 6.42 Å². The second kappa shape index (κ2) is 7.86. The van der Waals surface area contributed by atoms with Gasteiger partial charge in [-0.05, 0) is 13.3 Å². The fraction of sp³-hybridized carbons (Fsp3) is 0.636. The van der Waals surface area contributed by atoms with Gasteiger partial charge in [0.15, 0.2) is 6.10 Å². The summed E-state index contributed by atoms with van der Waals surface area (Å²) in [6, 6.07) is 0. The number of carbonyl (C=O) groups excluding carboxylic acids is 2. The molecule has 0 fully saturated rings. The molecule has 0 N–H and O–H groups in total. The zero-order valence-electron chi connectivity index (χ0n) is 9.12. The van der Waals surface area contributed by atoms with E-state index in [1.807, 2.05) is 6.92 Å². The first kappa shape index (κ1) is 13.5. The molecule has 0 spiro atoms. The molecule has 0 bridgehead atoms. The maximum absolute atomic E-state index is 11.1. The van der Waals surface area contributed by atoms with Crippen LogP contribution in [0.25, 0.3) is 0 Å². The number of rotatable bonds is 6. The van der Waals surface area contributed by atoms with Gasteiger partial charge >= 0.3 is 11.9 Å². The fourth-order valence-electron chi connectivity index (χ4n) is 0.782. The Morgan fingerprint density at radius 1 is 1.33 bits per heavy atom. The topological polar surface area (TPSA) is 52.6 Å². The van der Waals surface area contributed by atoms with Gasteiger partial charge in [0.25, 0.3) is 0 Å². The van der Waals surface area contributed by atoms with Gasteiger partial charge < -0.3 is 9.47 Å². The summed E-state index contributed by atoms with van der Waals surface area (Å²) in [6.07, 6.45) is 5.29. The maximum Gasteiger partial charge on any atom is 0.307 e. The molecule has 0 saturated carbocycles. The standard InChI is InChI=1S/C11H16O4/c1-4-8-14-10(12)6-7-11(13)15-9(3)5-2/h2,9H,4,6-8H2,1,3H3. The van der Waals surface area contributed by atoms with E-state index in [4.69, 9.17) is 15.9 Å². The third-order valence-corrected chi connectivity index (χ3v) is 1.54. The molecule has 0 aliphatic carbocycles.